The van der Waals surface area contributed by atoms with Crippen LogP contribution in [0.25, 0.3) is 11.1 Å². The van der Waals surface area contributed by atoms with Gasteiger partial charge in [-0.05, 0) is 16.7 Å². The summed E-state index contributed by atoms with van der Waals surface area (Å²) < 4.78 is 0. The van der Waals surface area contributed by atoms with Gasteiger partial charge in [0.15, 0.2) is 0 Å². The number of allylic oxidation sites excluding steroid dienone is 2. The Kier molecular flexibility index (Phi) is 6.07. The molecule has 0 radical (unpaired) electrons. The predicted octanol–water partition coefficient (Wildman–Crippen LogP) is 5.23. The van der Waals surface area contributed by atoms with Crippen molar-refractivity contribution in [2.45, 2.75) is 0 Å². The molecule has 0 bridgehead atoms. The van der Waals surface area contributed by atoms with Crippen LogP contribution in [0.2, 0.25) is 0 Å². The molecule has 2 aromatic carbocycles. The second-order valence-corrected chi connectivity index (χ2v) is 5.59. The zero-order valence-corrected chi connectivity index (χ0v) is 14.2. The Morgan fingerprint density at radius 3 is 1.96 bits per heavy atom. The van der Waals surface area contributed by atoms with E-state index in [2.05, 4.69) is 37.4 Å². The second kappa shape index (κ2) is 8.25. The SMILES string of the molecule is C=CCN(C)C(=S)/C(=C(/C=C)c1ccccc1)c1ccccc1. The fraction of sp³-hybridized carbons (Fsp3) is 0.0952. The van der Waals surface area contributed by atoms with Gasteiger partial charge >= 0.3 is 0 Å². The maximum Gasteiger partial charge on any atom is 0.110 e. The van der Waals surface area contributed by atoms with Gasteiger partial charge in [0.2, 0.25) is 0 Å². The Labute approximate surface area is 144 Å². The molecule has 0 spiro atoms. The van der Waals surface area contributed by atoms with E-state index in [-0.39, 0.29) is 0 Å². The van der Waals surface area contributed by atoms with Gasteiger partial charge in [0.1, 0.15) is 4.99 Å². The van der Waals surface area contributed by atoms with Crippen LogP contribution in [-0.4, -0.2) is 23.5 Å². The molecule has 0 aliphatic rings. The Hall–Kier alpha value is -2.45. The lowest BCUT2D eigenvalue weighted by Gasteiger charge is -2.23. The average molecular weight is 319 g/mol. The molecule has 1 nitrogen and oxygen atoms in total. The number of rotatable bonds is 6. The molecule has 0 saturated carbocycles. The summed E-state index contributed by atoms with van der Waals surface area (Å²) in [5, 5.41) is 0. The van der Waals surface area contributed by atoms with Gasteiger partial charge in [-0.25, -0.2) is 0 Å². The largest absolute Gasteiger partial charge is 0.362 e. The number of hydrogen-bond acceptors (Lipinski definition) is 1. The van der Waals surface area contributed by atoms with Crippen LogP contribution < -0.4 is 0 Å². The minimum absolute atomic E-state index is 0.703. The first-order valence-corrected chi connectivity index (χ1v) is 7.93. The van der Waals surface area contributed by atoms with Crippen molar-refractivity contribution in [3.63, 3.8) is 0 Å². The lowest BCUT2D eigenvalue weighted by atomic mass is 9.94. The highest BCUT2D eigenvalue weighted by Crippen LogP contribution is 2.29. The lowest BCUT2D eigenvalue weighted by Crippen LogP contribution is -2.26. The van der Waals surface area contributed by atoms with Crippen molar-refractivity contribution in [2.24, 2.45) is 0 Å². The lowest BCUT2D eigenvalue weighted by molar-refractivity contribution is 0.580. The van der Waals surface area contributed by atoms with Gasteiger partial charge in [0.25, 0.3) is 0 Å². The van der Waals surface area contributed by atoms with Crippen molar-refractivity contribution < 1.29 is 0 Å². The summed E-state index contributed by atoms with van der Waals surface area (Å²) in [4.78, 5) is 2.81. The smallest absolute Gasteiger partial charge is 0.110 e. The van der Waals surface area contributed by atoms with Crippen LogP contribution in [-0.2, 0) is 0 Å². The molecule has 0 atom stereocenters. The molecule has 0 unspecified atom stereocenters. The molecule has 0 amide bonds. The van der Waals surface area contributed by atoms with Gasteiger partial charge < -0.3 is 4.90 Å². The predicted molar refractivity (Wildman–Crippen MR) is 105 cm³/mol. The number of thiocarbonyl (C=S) groups is 1. The first kappa shape index (κ1) is 16.9. The van der Waals surface area contributed by atoms with E-state index in [4.69, 9.17) is 12.2 Å². The second-order valence-electron chi connectivity index (χ2n) is 5.20. The molecule has 2 rings (SSSR count). The van der Waals surface area contributed by atoms with E-state index in [1.807, 2.05) is 60.5 Å². The maximum absolute atomic E-state index is 5.76. The maximum atomic E-state index is 5.76. The summed E-state index contributed by atoms with van der Waals surface area (Å²) in [6, 6.07) is 20.4. The van der Waals surface area contributed by atoms with Gasteiger partial charge in [-0.15, -0.1) is 6.58 Å². The number of benzene rings is 2. The van der Waals surface area contributed by atoms with E-state index in [0.29, 0.717) is 6.54 Å². The summed E-state index contributed by atoms with van der Waals surface area (Å²) in [6.45, 7) is 8.52. The van der Waals surface area contributed by atoms with Crippen LogP contribution in [0.4, 0.5) is 0 Å². The van der Waals surface area contributed by atoms with Crippen LogP contribution in [0.15, 0.2) is 86.0 Å². The highest BCUT2D eigenvalue weighted by Gasteiger charge is 2.16. The third kappa shape index (κ3) is 4.05. The van der Waals surface area contributed by atoms with E-state index in [9.17, 15) is 0 Å². The summed E-state index contributed by atoms with van der Waals surface area (Å²) >= 11 is 5.76. The first-order valence-electron chi connectivity index (χ1n) is 7.53. The van der Waals surface area contributed by atoms with Crippen molar-refractivity contribution in [1.29, 1.82) is 0 Å². The number of nitrogens with zero attached hydrogens (tertiary/aromatic N) is 1. The molecule has 0 aliphatic carbocycles. The Bertz CT molecular complexity index is 714. The third-order valence-corrected chi connectivity index (χ3v) is 4.10. The molecule has 0 heterocycles. The minimum atomic E-state index is 0.703. The molecule has 116 valence electrons. The number of likely N-dealkylation sites (N-methyl/N-ethyl adjacent to an activating group) is 1. The van der Waals surface area contributed by atoms with Gasteiger partial charge in [-0.1, -0.05) is 91.6 Å². The van der Waals surface area contributed by atoms with Gasteiger partial charge in [0, 0.05) is 19.2 Å². The van der Waals surface area contributed by atoms with Crippen LogP contribution in [0.1, 0.15) is 11.1 Å². The molecule has 23 heavy (non-hydrogen) atoms. The normalized spacial score (nSPS) is 11.3. The standard InChI is InChI=1S/C21H21NS/c1-4-16-22(3)21(23)20(18-14-10-7-11-15-18)19(5-2)17-12-8-6-9-13-17/h4-15H,1-2,16H2,3H3/b20-19-. The fourth-order valence-corrected chi connectivity index (χ4v) is 2.75. The fourth-order valence-electron chi connectivity index (χ4n) is 2.45. The van der Waals surface area contributed by atoms with Crippen molar-refractivity contribution in [3.8, 4) is 0 Å². The van der Waals surface area contributed by atoms with Gasteiger partial charge in [-0.2, -0.15) is 0 Å². The summed E-state index contributed by atoms with van der Waals surface area (Å²) in [6.07, 6.45) is 3.73. The van der Waals surface area contributed by atoms with Crippen molar-refractivity contribution >= 4 is 28.4 Å². The highest BCUT2D eigenvalue weighted by molar-refractivity contribution is 7.81. The summed E-state index contributed by atoms with van der Waals surface area (Å²) in [5.74, 6) is 0. The van der Waals surface area contributed by atoms with E-state index in [1.54, 1.807) is 0 Å². The third-order valence-electron chi connectivity index (χ3n) is 3.58. The summed E-state index contributed by atoms with van der Waals surface area (Å²) in [5.41, 5.74) is 4.26. The molecular formula is C21H21NS. The molecule has 0 aliphatic heterocycles. The Balaban J connectivity index is 2.65. The first-order chi connectivity index (χ1) is 11.2. The topological polar surface area (TPSA) is 3.24 Å². The van der Waals surface area contributed by atoms with E-state index >= 15 is 0 Å². The minimum Gasteiger partial charge on any atom is -0.362 e. The van der Waals surface area contributed by atoms with Crippen LogP contribution >= 0.6 is 12.2 Å². The van der Waals surface area contributed by atoms with Crippen molar-refractivity contribution in [3.05, 3.63) is 97.1 Å². The zero-order valence-electron chi connectivity index (χ0n) is 13.4. The molecule has 0 N–H and O–H groups in total. The van der Waals surface area contributed by atoms with Crippen LogP contribution in [0.3, 0.4) is 0 Å². The van der Waals surface area contributed by atoms with Crippen LogP contribution in [0, 0.1) is 0 Å². The molecule has 2 aromatic rings. The average Bonchev–Trinajstić information content (AvgIpc) is 2.60. The molecule has 2 heteroatoms. The molecule has 0 saturated heterocycles. The zero-order chi connectivity index (χ0) is 16.7. The Morgan fingerprint density at radius 2 is 1.48 bits per heavy atom. The van der Waals surface area contributed by atoms with Gasteiger partial charge in [-0.3, -0.25) is 0 Å². The highest BCUT2D eigenvalue weighted by atomic mass is 32.1. The Morgan fingerprint density at radius 1 is 0.957 bits per heavy atom. The molecule has 0 fully saturated rings. The van der Waals surface area contributed by atoms with E-state index < -0.39 is 0 Å². The monoisotopic (exact) mass is 319 g/mol. The summed E-state index contributed by atoms with van der Waals surface area (Å²) in [7, 11) is 1.98. The van der Waals surface area contributed by atoms with E-state index in [1.165, 1.54) is 0 Å². The van der Waals surface area contributed by atoms with Crippen LogP contribution in [0.5, 0.6) is 0 Å². The van der Waals surface area contributed by atoms with Gasteiger partial charge in [0.05, 0.1) is 0 Å². The van der Waals surface area contributed by atoms with E-state index in [0.717, 1.165) is 27.3 Å². The molecule has 0 aromatic heterocycles. The number of hydrogen-bond donors (Lipinski definition) is 0. The molecular weight excluding hydrogens is 298 g/mol. The van der Waals surface area contributed by atoms with Crippen molar-refractivity contribution in [2.75, 3.05) is 13.6 Å². The quantitative estimate of drug-likeness (QED) is 0.236. The van der Waals surface area contributed by atoms with Crippen molar-refractivity contribution in [1.82, 2.24) is 4.90 Å².